The van der Waals surface area contributed by atoms with Gasteiger partial charge in [0.05, 0.1) is 18.2 Å². The smallest absolute Gasteiger partial charge is 0.229 e. The summed E-state index contributed by atoms with van der Waals surface area (Å²) in [5.41, 5.74) is 0.833. The summed E-state index contributed by atoms with van der Waals surface area (Å²) >= 11 is 1.40. The minimum absolute atomic E-state index is 0.0540. The minimum Gasteiger partial charge on any atom is -0.350 e. The number of hydrogen-bond acceptors (Lipinski definition) is 5. The van der Waals surface area contributed by atoms with E-state index in [0.717, 1.165) is 5.69 Å². The van der Waals surface area contributed by atoms with Gasteiger partial charge in [0.2, 0.25) is 11.8 Å². The van der Waals surface area contributed by atoms with E-state index in [1.54, 1.807) is 23.4 Å². The fraction of sp³-hybridized carbons (Fsp3) is 0.333. The van der Waals surface area contributed by atoms with Crippen LogP contribution >= 0.6 is 11.3 Å². The third-order valence-corrected chi connectivity index (χ3v) is 3.95. The monoisotopic (exact) mass is 291 g/mol. The summed E-state index contributed by atoms with van der Waals surface area (Å²) in [6.07, 6.45) is 3.51. The fourth-order valence-corrected chi connectivity index (χ4v) is 2.80. The zero-order valence-electron chi connectivity index (χ0n) is 10.6. The number of amides is 2. The van der Waals surface area contributed by atoms with Gasteiger partial charge >= 0.3 is 0 Å². The highest BCUT2D eigenvalue weighted by molar-refractivity contribution is 7.13. The number of aromatic amines is 1. The molecule has 1 unspecified atom stereocenters. The quantitative estimate of drug-likeness (QED) is 0.860. The Morgan fingerprint density at radius 2 is 2.45 bits per heavy atom. The molecule has 3 heterocycles. The molecule has 2 aromatic heterocycles. The number of aromatic nitrogens is 3. The first-order valence-electron chi connectivity index (χ1n) is 6.20. The minimum atomic E-state index is -0.325. The molecule has 2 N–H and O–H groups in total. The first kappa shape index (κ1) is 12.8. The average Bonchev–Trinajstić information content (AvgIpc) is 3.17. The highest BCUT2D eigenvalue weighted by Gasteiger charge is 2.36. The van der Waals surface area contributed by atoms with Gasteiger partial charge in [-0.2, -0.15) is 5.10 Å². The zero-order valence-corrected chi connectivity index (χ0v) is 11.4. The van der Waals surface area contributed by atoms with Crippen LogP contribution in [0.3, 0.4) is 0 Å². The fourth-order valence-electron chi connectivity index (χ4n) is 2.13. The lowest BCUT2D eigenvalue weighted by molar-refractivity contribution is -0.126. The van der Waals surface area contributed by atoms with Crippen molar-refractivity contribution in [3.63, 3.8) is 0 Å². The molecule has 0 aromatic carbocycles. The van der Waals surface area contributed by atoms with Gasteiger partial charge in [0.25, 0.3) is 0 Å². The summed E-state index contributed by atoms with van der Waals surface area (Å²) < 4.78 is 0. The predicted molar refractivity (Wildman–Crippen MR) is 73.0 cm³/mol. The number of nitrogens with one attached hydrogen (secondary N) is 2. The number of thiazole rings is 1. The van der Waals surface area contributed by atoms with Crippen molar-refractivity contribution in [1.29, 1.82) is 0 Å². The van der Waals surface area contributed by atoms with Crippen LogP contribution in [0.25, 0.3) is 0 Å². The maximum atomic E-state index is 12.1. The summed E-state index contributed by atoms with van der Waals surface area (Å²) in [5.74, 6) is -0.497. The molecular formula is C12H13N5O2S. The molecule has 0 aliphatic carbocycles. The summed E-state index contributed by atoms with van der Waals surface area (Å²) in [6, 6.07) is 1.79. The van der Waals surface area contributed by atoms with Crippen molar-refractivity contribution in [3.05, 3.63) is 29.5 Å². The molecule has 7 nitrogen and oxygen atoms in total. The molecule has 1 saturated heterocycles. The van der Waals surface area contributed by atoms with Gasteiger partial charge in [-0.25, -0.2) is 4.98 Å². The highest BCUT2D eigenvalue weighted by Crippen LogP contribution is 2.26. The van der Waals surface area contributed by atoms with E-state index in [1.165, 1.54) is 11.3 Å². The molecule has 8 heteroatoms. The number of nitrogens with zero attached hydrogens (tertiary/aromatic N) is 3. The summed E-state index contributed by atoms with van der Waals surface area (Å²) in [6.45, 7) is 0.780. The normalized spacial score (nSPS) is 18.5. The summed E-state index contributed by atoms with van der Waals surface area (Å²) in [4.78, 5) is 29.7. The van der Waals surface area contributed by atoms with Gasteiger partial charge in [-0.15, -0.1) is 11.3 Å². The molecule has 104 valence electrons. The van der Waals surface area contributed by atoms with E-state index < -0.39 is 0 Å². The van der Waals surface area contributed by atoms with Crippen molar-refractivity contribution in [2.45, 2.75) is 13.0 Å². The molecule has 20 heavy (non-hydrogen) atoms. The molecular weight excluding hydrogens is 278 g/mol. The summed E-state index contributed by atoms with van der Waals surface area (Å²) in [5, 5.41) is 11.9. The van der Waals surface area contributed by atoms with Crippen LogP contribution in [0.5, 0.6) is 0 Å². The molecule has 0 radical (unpaired) electrons. The Bertz CT molecular complexity index is 595. The van der Waals surface area contributed by atoms with E-state index in [0.29, 0.717) is 18.2 Å². The third kappa shape index (κ3) is 2.55. The largest absolute Gasteiger partial charge is 0.350 e. The molecule has 3 rings (SSSR count). The van der Waals surface area contributed by atoms with Crippen molar-refractivity contribution >= 4 is 28.3 Å². The molecule has 1 atom stereocenters. The van der Waals surface area contributed by atoms with Crippen LogP contribution in [-0.2, 0) is 16.1 Å². The van der Waals surface area contributed by atoms with Crippen LogP contribution in [0.4, 0.5) is 5.13 Å². The zero-order chi connectivity index (χ0) is 13.9. The standard InChI is InChI=1S/C12H13N5O2S/c18-10-5-8(7-17(10)12-13-3-4-20-12)11(19)14-6-9-1-2-15-16-9/h1-4,8H,5-7H2,(H,14,19)(H,15,16). The first-order valence-corrected chi connectivity index (χ1v) is 7.08. The van der Waals surface area contributed by atoms with Crippen LogP contribution in [0.1, 0.15) is 12.1 Å². The molecule has 1 aliphatic heterocycles. The lowest BCUT2D eigenvalue weighted by atomic mass is 10.1. The number of hydrogen-bond donors (Lipinski definition) is 2. The number of rotatable bonds is 4. The van der Waals surface area contributed by atoms with Crippen LogP contribution < -0.4 is 10.2 Å². The second kappa shape index (κ2) is 5.41. The molecule has 0 bridgehead atoms. The Hall–Kier alpha value is -2.22. The first-order chi connectivity index (χ1) is 9.74. The van der Waals surface area contributed by atoms with Gasteiger partial charge in [-0.3, -0.25) is 19.6 Å². The molecule has 0 spiro atoms. The molecule has 1 fully saturated rings. The van der Waals surface area contributed by atoms with Crippen LogP contribution in [0.2, 0.25) is 0 Å². The lowest BCUT2D eigenvalue weighted by Gasteiger charge is -2.12. The average molecular weight is 291 g/mol. The van der Waals surface area contributed by atoms with E-state index in [-0.39, 0.29) is 24.2 Å². The Balaban J connectivity index is 1.58. The Morgan fingerprint density at radius 3 is 3.15 bits per heavy atom. The van der Waals surface area contributed by atoms with Gasteiger partial charge in [0, 0.05) is 30.7 Å². The van der Waals surface area contributed by atoms with Gasteiger partial charge in [0.1, 0.15) is 0 Å². The van der Waals surface area contributed by atoms with Gasteiger partial charge < -0.3 is 5.32 Å². The van der Waals surface area contributed by atoms with E-state index in [4.69, 9.17) is 0 Å². The third-order valence-electron chi connectivity index (χ3n) is 3.16. The summed E-state index contributed by atoms with van der Waals surface area (Å²) in [7, 11) is 0. The number of anilines is 1. The Morgan fingerprint density at radius 1 is 1.55 bits per heavy atom. The van der Waals surface area contributed by atoms with Crippen molar-refractivity contribution in [3.8, 4) is 0 Å². The second-order valence-corrected chi connectivity index (χ2v) is 5.39. The van der Waals surface area contributed by atoms with E-state index in [1.807, 2.05) is 5.38 Å². The second-order valence-electron chi connectivity index (χ2n) is 4.52. The molecule has 1 aliphatic rings. The SMILES string of the molecule is O=C(NCc1ccn[nH]1)C1CC(=O)N(c2nccs2)C1. The van der Waals surface area contributed by atoms with Gasteiger partial charge in [0.15, 0.2) is 5.13 Å². The van der Waals surface area contributed by atoms with Crippen LogP contribution in [-0.4, -0.2) is 33.5 Å². The van der Waals surface area contributed by atoms with E-state index >= 15 is 0 Å². The van der Waals surface area contributed by atoms with Gasteiger partial charge in [-0.1, -0.05) is 0 Å². The van der Waals surface area contributed by atoms with Crippen molar-refractivity contribution in [2.24, 2.45) is 5.92 Å². The number of H-pyrrole nitrogens is 1. The van der Waals surface area contributed by atoms with Crippen LogP contribution in [0, 0.1) is 5.92 Å². The Kier molecular flexibility index (Phi) is 3.46. The molecule has 0 saturated carbocycles. The molecule has 2 amide bonds. The van der Waals surface area contributed by atoms with Crippen molar-refractivity contribution in [2.75, 3.05) is 11.4 Å². The highest BCUT2D eigenvalue weighted by atomic mass is 32.1. The number of carbonyl (C=O) groups is 2. The lowest BCUT2D eigenvalue weighted by Crippen LogP contribution is -2.32. The van der Waals surface area contributed by atoms with Gasteiger partial charge in [-0.05, 0) is 6.07 Å². The van der Waals surface area contributed by atoms with Crippen LogP contribution in [0.15, 0.2) is 23.8 Å². The van der Waals surface area contributed by atoms with E-state index in [2.05, 4.69) is 20.5 Å². The van der Waals surface area contributed by atoms with E-state index in [9.17, 15) is 9.59 Å². The maximum absolute atomic E-state index is 12.1. The number of carbonyl (C=O) groups excluding carboxylic acids is 2. The molecule has 2 aromatic rings. The maximum Gasteiger partial charge on any atom is 0.229 e. The Labute approximate surface area is 119 Å². The van der Waals surface area contributed by atoms with Crippen molar-refractivity contribution in [1.82, 2.24) is 20.5 Å². The van der Waals surface area contributed by atoms with Crippen molar-refractivity contribution < 1.29 is 9.59 Å². The topological polar surface area (TPSA) is 91.0 Å². The predicted octanol–water partition coefficient (Wildman–Crippen LogP) is 0.535.